The maximum absolute atomic E-state index is 5.73. The molecule has 25 heavy (non-hydrogen) atoms. The van der Waals surface area contributed by atoms with Crippen molar-refractivity contribution in [3.63, 3.8) is 0 Å². The standard InChI is InChI=1S/C19H18N4O2/c1-23(2)19-21-17(20-11-14-9-6-10-24-14)16-15(12-25-18(16)22-19)13-7-4-3-5-8-13/h3-10,12H,11H2,1-2H3,(H,20,21,22). The zero-order valence-corrected chi connectivity index (χ0v) is 14.1. The summed E-state index contributed by atoms with van der Waals surface area (Å²) in [5.41, 5.74) is 2.57. The van der Waals surface area contributed by atoms with Gasteiger partial charge >= 0.3 is 0 Å². The third-order valence-corrected chi connectivity index (χ3v) is 3.92. The summed E-state index contributed by atoms with van der Waals surface area (Å²) in [7, 11) is 3.80. The molecule has 4 aromatic rings. The summed E-state index contributed by atoms with van der Waals surface area (Å²) < 4.78 is 11.1. The van der Waals surface area contributed by atoms with E-state index in [2.05, 4.69) is 15.3 Å². The van der Waals surface area contributed by atoms with E-state index in [1.54, 1.807) is 12.5 Å². The van der Waals surface area contributed by atoms with Crippen molar-refractivity contribution in [2.24, 2.45) is 0 Å². The molecule has 1 aromatic carbocycles. The molecule has 6 heteroatoms. The number of nitrogens with zero attached hydrogens (tertiary/aromatic N) is 3. The van der Waals surface area contributed by atoms with Crippen molar-refractivity contribution < 1.29 is 8.83 Å². The second-order valence-corrected chi connectivity index (χ2v) is 5.90. The molecule has 3 aromatic heterocycles. The Bertz CT molecular complexity index is 976. The smallest absolute Gasteiger partial charge is 0.233 e. The van der Waals surface area contributed by atoms with Gasteiger partial charge in [0.2, 0.25) is 11.7 Å². The van der Waals surface area contributed by atoms with Gasteiger partial charge in [-0.3, -0.25) is 0 Å². The van der Waals surface area contributed by atoms with Crippen LogP contribution in [0, 0.1) is 0 Å². The van der Waals surface area contributed by atoms with Crippen molar-refractivity contribution in [2.75, 3.05) is 24.3 Å². The maximum Gasteiger partial charge on any atom is 0.233 e. The van der Waals surface area contributed by atoms with Crippen molar-refractivity contribution in [3.8, 4) is 11.1 Å². The quantitative estimate of drug-likeness (QED) is 0.591. The van der Waals surface area contributed by atoms with Gasteiger partial charge in [-0.25, -0.2) is 0 Å². The fraction of sp³-hybridized carbons (Fsp3) is 0.158. The fourth-order valence-electron chi connectivity index (χ4n) is 2.67. The molecule has 0 atom stereocenters. The number of furan rings is 2. The van der Waals surface area contributed by atoms with E-state index in [0.29, 0.717) is 18.2 Å². The number of nitrogens with one attached hydrogen (secondary N) is 1. The number of hydrogen-bond acceptors (Lipinski definition) is 6. The molecule has 1 N–H and O–H groups in total. The van der Waals surface area contributed by atoms with E-state index in [9.17, 15) is 0 Å². The molecule has 0 aliphatic heterocycles. The molecule has 3 heterocycles. The molecule has 0 saturated carbocycles. The summed E-state index contributed by atoms with van der Waals surface area (Å²) in [4.78, 5) is 11.0. The van der Waals surface area contributed by atoms with Crippen LogP contribution >= 0.6 is 0 Å². The van der Waals surface area contributed by atoms with Crippen LogP contribution in [0.2, 0.25) is 0 Å². The Kier molecular flexibility index (Phi) is 3.85. The van der Waals surface area contributed by atoms with Crippen LogP contribution in [0.15, 0.2) is 63.8 Å². The average molecular weight is 334 g/mol. The molecule has 0 saturated heterocycles. The molecule has 4 rings (SSSR count). The van der Waals surface area contributed by atoms with Crippen molar-refractivity contribution in [2.45, 2.75) is 6.54 Å². The Hall–Kier alpha value is -3.28. The first kappa shape index (κ1) is 15.3. The highest BCUT2D eigenvalue weighted by Crippen LogP contribution is 2.35. The normalized spacial score (nSPS) is 11.0. The molecular weight excluding hydrogens is 316 g/mol. The summed E-state index contributed by atoms with van der Waals surface area (Å²) in [6, 6.07) is 13.9. The van der Waals surface area contributed by atoms with Crippen molar-refractivity contribution in [3.05, 3.63) is 60.8 Å². The topological polar surface area (TPSA) is 67.3 Å². The van der Waals surface area contributed by atoms with E-state index in [1.165, 1.54) is 0 Å². The largest absolute Gasteiger partial charge is 0.467 e. The Labute approximate surface area is 145 Å². The lowest BCUT2D eigenvalue weighted by atomic mass is 10.1. The molecule has 0 bridgehead atoms. The zero-order valence-electron chi connectivity index (χ0n) is 14.1. The van der Waals surface area contributed by atoms with Crippen LogP contribution in [0.1, 0.15) is 5.76 Å². The van der Waals surface area contributed by atoms with E-state index >= 15 is 0 Å². The fourth-order valence-corrected chi connectivity index (χ4v) is 2.67. The minimum absolute atomic E-state index is 0.533. The van der Waals surface area contributed by atoms with Gasteiger partial charge in [-0.2, -0.15) is 9.97 Å². The van der Waals surface area contributed by atoms with Crippen molar-refractivity contribution >= 4 is 22.9 Å². The van der Waals surface area contributed by atoms with Crippen molar-refractivity contribution in [1.29, 1.82) is 0 Å². The summed E-state index contributed by atoms with van der Waals surface area (Å²) in [5.74, 6) is 2.14. The third-order valence-electron chi connectivity index (χ3n) is 3.92. The Balaban J connectivity index is 1.83. The molecule has 0 aliphatic rings. The van der Waals surface area contributed by atoms with E-state index in [-0.39, 0.29) is 0 Å². The van der Waals surface area contributed by atoms with Gasteiger partial charge in [-0.1, -0.05) is 30.3 Å². The third kappa shape index (κ3) is 2.94. The summed E-state index contributed by atoms with van der Waals surface area (Å²) in [5, 5.41) is 4.21. The number of hydrogen-bond donors (Lipinski definition) is 1. The molecule has 0 unspecified atom stereocenters. The van der Waals surface area contributed by atoms with Gasteiger partial charge in [0.05, 0.1) is 18.2 Å². The lowest BCUT2D eigenvalue weighted by Gasteiger charge is -2.13. The van der Waals surface area contributed by atoms with E-state index in [0.717, 1.165) is 28.1 Å². The highest BCUT2D eigenvalue weighted by molar-refractivity contribution is 6.00. The van der Waals surface area contributed by atoms with E-state index < -0.39 is 0 Å². The van der Waals surface area contributed by atoms with Crippen LogP contribution in [-0.2, 0) is 6.54 Å². The minimum Gasteiger partial charge on any atom is -0.467 e. The molecule has 0 aliphatic carbocycles. The molecule has 0 radical (unpaired) electrons. The highest BCUT2D eigenvalue weighted by Gasteiger charge is 2.17. The summed E-state index contributed by atoms with van der Waals surface area (Å²) in [6.45, 7) is 0.533. The first-order valence-electron chi connectivity index (χ1n) is 8.00. The second-order valence-electron chi connectivity index (χ2n) is 5.90. The number of aromatic nitrogens is 2. The lowest BCUT2D eigenvalue weighted by Crippen LogP contribution is -2.14. The Morgan fingerprint density at radius 1 is 1.00 bits per heavy atom. The van der Waals surface area contributed by atoms with E-state index in [1.807, 2.05) is 61.5 Å². The second kappa shape index (κ2) is 6.32. The summed E-state index contributed by atoms with van der Waals surface area (Å²) in [6.07, 6.45) is 3.39. The molecule has 126 valence electrons. The van der Waals surface area contributed by atoms with Gasteiger partial charge in [0, 0.05) is 19.7 Å². The number of fused-ring (bicyclic) bond motifs is 1. The first-order valence-corrected chi connectivity index (χ1v) is 8.00. The van der Waals surface area contributed by atoms with E-state index in [4.69, 9.17) is 8.83 Å². The predicted molar refractivity (Wildman–Crippen MR) is 97.6 cm³/mol. The molecule has 6 nitrogen and oxygen atoms in total. The zero-order chi connectivity index (χ0) is 17.2. The van der Waals surface area contributed by atoms with Gasteiger partial charge in [-0.05, 0) is 17.7 Å². The van der Waals surface area contributed by atoms with Crippen LogP contribution in [-0.4, -0.2) is 24.1 Å². The van der Waals surface area contributed by atoms with Crippen LogP contribution in [0.5, 0.6) is 0 Å². The van der Waals surface area contributed by atoms with Gasteiger partial charge in [-0.15, -0.1) is 0 Å². The molecule has 0 fully saturated rings. The summed E-state index contributed by atoms with van der Waals surface area (Å²) >= 11 is 0. The number of benzene rings is 1. The molecular formula is C19H18N4O2. The van der Waals surface area contributed by atoms with Crippen molar-refractivity contribution in [1.82, 2.24) is 9.97 Å². The molecule has 0 spiro atoms. The van der Waals surface area contributed by atoms with Crippen LogP contribution < -0.4 is 10.2 Å². The van der Waals surface area contributed by atoms with Gasteiger partial charge < -0.3 is 19.1 Å². The number of rotatable bonds is 5. The van der Waals surface area contributed by atoms with Crippen LogP contribution in [0.25, 0.3) is 22.2 Å². The predicted octanol–water partition coefficient (Wildman–Crippen LogP) is 4.16. The van der Waals surface area contributed by atoms with Crippen LogP contribution in [0.3, 0.4) is 0 Å². The van der Waals surface area contributed by atoms with Crippen LogP contribution in [0.4, 0.5) is 11.8 Å². The lowest BCUT2D eigenvalue weighted by molar-refractivity contribution is 0.518. The SMILES string of the molecule is CN(C)c1nc(NCc2ccco2)c2c(-c3ccccc3)coc2n1. The first-order chi connectivity index (χ1) is 12.2. The monoisotopic (exact) mass is 334 g/mol. The van der Waals surface area contributed by atoms with Gasteiger partial charge in [0.1, 0.15) is 17.8 Å². The highest BCUT2D eigenvalue weighted by atomic mass is 16.3. The minimum atomic E-state index is 0.533. The average Bonchev–Trinajstić information content (AvgIpc) is 3.30. The molecule has 0 amide bonds. The number of anilines is 2. The Morgan fingerprint density at radius 3 is 2.56 bits per heavy atom. The van der Waals surface area contributed by atoms with Gasteiger partial charge in [0.25, 0.3) is 0 Å². The Morgan fingerprint density at radius 2 is 1.84 bits per heavy atom. The maximum atomic E-state index is 5.73. The van der Waals surface area contributed by atoms with Gasteiger partial charge in [0.15, 0.2) is 0 Å².